The normalized spacial score (nSPS) is 12.3. The van der Waals surface area contributed by atoms with Crippen LogP contribution in [0.3, 0.4) is 0 Å². The molecule has 1 rings (SSSR count). The Morgan fingerprint density at radius 1 is 1.30 bits per heavy atom. The van der Waals surface area contributed by atoms with Crippen LogP contribution >= 0.6 is 0 Å². The minimum Gasteiger partial charge on any atom is -0.467 e. The minimum absolute atomic E-state index is 0.175. The molecule has 0 heterocycles. The second-order valence-electron chi connectivity index (χ2n) is 5.14. The number of halogens is 3. The lowest BCUT2D eigenvalue weighted by Crippen LogP contribution is -2.41. The molecule has 1 amide bonds. The van der Waals surface area contributed by atoms with Gasteiger partial charge in [-0.15, -0.1) is 0 Å². The summed E-state index contributed by atoms with van der Waals surface area (Å²) >= 11 is 0. The molecule has 0 saturated carbocycles. The van der Waals surface area contributed by atoms with Crippen molar-refractivity contribution in [2.24, 2.45) is 0 Å². The van der Waals surface area contributed by atoms with Gasteiger partial charge in [0, 0.05) is 5.56 Å². The van der Waals surface area contributed by atoms with Crippen molar-refractivity contribution in [2.45, 2.75) is 32.5 Å². The predicted molar refractivity (Wildman–Crippen MR) is 78.8 cm³/mol. The molecular weight excluding hydrogens is 311 g/mol. The third-order valence-corrected chi connectivity index (χ3v) is 3.00. The van der Waals surface area contributed by atoms with E-state index in [-0.39, 0.29) is 12.0 Å². The first-order valence-electron chi connectivity index (χ1n) is 6.84. The number of esters is 1. The van der Waals surface area contributed by atoms with Gasteiger partial charge in [0.05, 0.1) is 12.7 Å². The van der Waals surface area contributed by atoms with E-state index in [1.165, 1.54) is 13.2 Å². The Kier molecular flexibility index (Phi) is 6.36. The van der Waals surface area contributed by atoms with Crippen molar-refractivity contribution in [3.05, 3.63) is 47.0 Å². The minimum atomic E-state index is -4.54. The summed E-state index contributed by atoms with van der Waals surface area (Å²) in [7, 11) is 1.17. The number of carbonyl (C=O) groups excluding carboxylic acids is 2. The summed E-state index contributed by atoms with van der Waals surface area (Å²) in [6.07, 6.45) is -2.62. The predicted octanol–water partition coefficient (Wildman–Crippen LogP) is 3.33. The fourth-order valence-corrected chi connectivity index (χ4v) is 1.79. The van der Waals surface area contributed by atoms with Crippen LogP contribution < -0.4 is 5.32 Å². The topological polar surface area (TPSA) is 55.4 Å². The molecule has 0 aromatic heterocycles. The van der Waals surface area contributed by atoms with Crippen LogP contribution in [0.5, 0.6) is 0 Å². The largest absolute Gasteiger partial charge is 0.467 e. The molecule has 0 fully saturated rings. The van der Waals surface area contributed by atoms with E-state index in [4.69, 9.17) is 0 Å². The molecular formula is C16H18F3NO3. The van der Waals surface area contributed by atoms with Gasteiger partial charge in [0.25, 0.3) is 5.91 Å². The smallest absolute Gasteiger partial charge is 0.416 e. The van der Waals surface area contributed by atoms with Gasteiger partial charge < -0.3 is 10.1 Å². The second kappa shape index (κ2) is 7.80. The number of carbonyl (C=O) groups is 2. The summed E-state index contributed by atoms with van der Waals surface area (Å²) in [4.78, 5) is 23.8. The Hall–Kier alpha value is -2.31. The Labute approximate surface area is 132 Å². The van der Waals surface area contributed by atoms with Gasteiger partial charge in [-0.05, 0) is 38.5 Å². The van der Waals surface area contributed by atoms with Crippen LogP contribution in [-0.4, -0.2) is 25.0 Å². The van der Waals surface area contributed by atoms with E-state index in [9.17, 15) is 22.8 Å². The summed E-state index contributed by atoms with van der Waals surface area (Å²) in [6.45, 7) is 3.64. The van der Waals surface area contributed by atoms with Crippen molar-refractivity contribution < 1.29 is 27.5 Å². The van der Waals surface area contributed by atoms with Crippen molar-refractivity contribution in [1.82, 2.24) is 5.32 Å². The van der Waals surface area contributed by atoms with E-state index in [0.29, 0.717) is 0 Å². The van der Waals surface area contributed by atoms with E-state index in [1.807, 2.05) is 13.8 Å². The number of methoxy groups -OCH3 is 1. The lowest BCUT2D eigenvalue weighted by Gasteiger charge is -2.16. The highest BCUT2D eigenvalue weighted by molar-refractivity contribution is 5.97. The van der Waals surface area contributed by atoms with E-state index in [1.54, 1.807) is 6.08 Å². The van der Waals surface area contributed by atoms with Gasteiger partial charge >= 0.3 is 12.1 Å². The first-order chi connectivity index (χ1) is 10.6. The highest BCUT2D eigenvalue weighted by atomic mass is 19.4. The molecule has 1 N–H and O–H groups in total. The quantitative estimate of drug-likeness (QED) is 0.666. The van der Waals surface area contributed by atoms with Crippen molar-refractivity contribution in [3.63, 3.8) is 0 Å². The fraction of sp³-hybridized carbons (Fsp3) is 0.375. The average molecular weight is 329 g/mol. The first kappa shape index (κ1) is 18.7. The Morgan fingerprint density at radius 2 is 1.96 bits per heavy atom. The van der Waals surface area contributed by atoms with Gasteiger partial charge in [0.1, 0.15) is 6.04 Å². The number of ether oxygens (including phenoxy) is 1. The number of alkyl halides is 3. The molecule has 0 bridgehead atoms. The Balaban J connectivity index is 2.94. The maximum absolute atomic E-state index is 12.7. The zero-order valence-corrected chi connectivity index (χ0v) is 13.0. The van der Waals surface area contributed by atoms with Gasteiger partial charge in [0.15, 0.2) is 0 Å². The summed E-state index contributed by atoms with van der Waals surface area (Å²) in [6, 6.07) is 3.04. The summed E-state index contributed by atoms with van der Waals surface area (Å²) in [5.74, 6) is -1.43. The molecule has 0 aliphatic carbocycles. The molecule has 1 aromatic rings. The third-order valence-electron chi connectivity index (χ3n) is 3.00. The van der Waals surface area contributed by atoms with E-state index in [2.05, 4.69) is 10.1 Å². The van der Waals surface area contributed by atoms with Gasteiger partial charge in [0.2, 0.25) is 0 Å². The maximum atomic E-state index is 12.7. The van der Waals surface area contributed by atoms with Gasteiger partial charge in [-0.1, -0.05) is 17.7 Å². The second-order valence-corrected chi connectivity index (χ2v) is 5.14. The number of hydrogen-bond donors (Lipinski definition) is 1. The van der Waals surface area contributed by atoms with Crippen LogP contribution in [0, 0.1) is 0 Å². The van der Waals surface area contributed by atoms with Crippen molar-refractivity contribution in [2.75, 3.05) is 7.11 Å². The molecule has 0 unspecified atom stereocenters. The monoisotopic (exact) mass is 329 g/mol. The summed E-state index contributed by atoms with van der Waals surface area (Å²) < 4.78 is 42.6. The zero-order chi connectivity index (χ0) is 17.6. The lowest BCUT2D eigenvalue weighted by atomic mass is 10.1. The van der Waals surface area contributed by atoms with E-state index in [0.717, 1.165) is 23.8 Å². The SMILES string of the molecule is COC(=O)[C@H](CC=C(C)C)NC(=O)c1cccc(C(F)(F)F)c1. The molecule has 7 heteroatoms. The molecule has 4 nitrogen and oxygen atoms in total. The molecule has 0 radical (unpaired) electrons. The number of nitrogens with one attached hydrogen (secondary N) is 1. The van der Waals surface area contributed by atoms with Gasteiger partial charge in [-0.25, -0.2) is 4.79 Å². The zero-order valence-electron chi connectivity index (χ0n) is 13.0. The van der Waals surface area contributed by atoms with Crippen LogP contribution in [0.4, 0.5) is 13.2 Å². The number of rotatable bonds is 5. The third kappa shape index (κ3) is 5.77. The Bertz CT molecular complexity index is 605. The molecule has 1 aromatic carbocycles. The molecule has 0 aliphatic rings. The average Bonchev–Trinajstić information content (AvgIpc) is 2.49. The number of allylic oxidation sites excluding steroid dienone is 1. The molecule has 1 atom stereocenters. The van der Waals surface area contributed by atoms with Crippen LogP contribution in [-0.2, 0) is 15.7 Å². The summed E-state index contributed by atoms with van der Waals surface area (Å²) in [5, 5.41) is 2.39. The van der Waals surface area contributed by atoms with Crippen LogP contribution in [0.25, 0.3) is 0 Å². The maximum Gasteiger partial charge on any atom is 0.416 e. The van der Waals surface area contributed by atoms with Crippen LogP contribution in [0.15, 0.2) is 35.9 Å². The van der Waals surface area contributed by atoms with Crippen molar-refractivity contribution in [3.8, 4) is 0 Å². The lowest BCUT2D eigenvalue weighted by molar-refractivity contribution is -0.142. The highest BCUT2D eigenvalue weighted by Gasteiger charge is 2.31. The van der Waals surface area contributed by atoms with Crippen molar-refractivity contribution >= 4 is 11.9 Å². The summed E-state index contributed by atoms with van der Waals surface area (Å²) in [5.41, 5.74) is -0.165. The number of amides is 1. The molecule has 23 heavy (non-hydrogen) atoms. The highest BCUT2D eigenvalue weighted by Crippen LogP contribution is 2.29. The van der Waals surface area contributed by atoms with Crippen molar-refractivity contribution in [1.29, 1.82) is 0 Å². The van der Waals surface area contributed by atoms with Gasteiger partial charge in [-0.3, -0.25) is 4.79 Å². The number of benzene rings is 1. The first-order valence-corrected chi connectivity index (χ1v) is 6.84. The standard InChI is InChI=1S/C16H18F3NO3/c1-10(2)7-8-13(15(22)23-3)20-14(21)11-5-4-6-12(9-11)16(17,18)19/h4-7,9,13H,8H2,1-3H3,(H,20,21)/t13-/m0/s1. The molecule has 0 aliphatic heterocycles. The van der Waals surface area contributed by atoms with Crippen LogP contribution in [0.2, 0.25) is 0 Å². The number of hydrogen-bond acceptors (Lipinski definition) is 3. The van der Waals surface area contributed by atoms with Gasteiger partial charge in [-0.2, -0.15) is 13.2 Å². The molecule has 0 spiro atoms. The van der Waals surface area contributed by atoms with E-state index >= 15 is 0 Å². The van der Waals surface area contributed by atoms with E-state index < -0.39 is 29.7 Å². The molecule has 0 saturated heterocycles. The Morgan fingerprint density at radius 3 is 2.48 bits per heavy atom. The van der Waals surface area contributed by atoms with Crippen LogP contribution in [0.1, 0.15) is 36.2 Å². The fourth-order valence-electron chi connectivity index (χ4n) is 1.79. The molecule has 126 valence electrons.